The zero-order valence-electron chi connectivity index (χ0n) is 17.1. The van der Waals surface area contributed by atoms with Crippen molar-refractivity contribution in [1.29, 1.82) is 0 Å². The summed E-state index contributed by atoms with van der Waals surface area (Å²) in [5, 5.41) is 21.8. The molecule has 3 N–H and O–H groups in total. The normalized spacial score (nSPS) is 12.3. The van der Waals surface area contributed by atoms with Crippen LogP contribution in [0.15, 0.2) is 48.5 Å². The molecule has 32 heavy (non-hydrogen) atoms. The molecule has 9 nitrogen and oxygen atoms in total. The molecule has 0 aromatic heterocycles. The predicted molar refractivity (Wildman–Crippen MR) is 114 cm³/mol. The number of carboxylic acid groups (broad SMARTS) is 1. The second-order valence-electron chi connectivity index (χ2n) is 6.86. The number of ether oxygens (including phenoxy) is 2. The first-order chi connectivity index (χ1) is 15.2. The number of carbonyl (C=O) groups is 4. The van der Waals surface area contributed by atoms with Crippen LogP contribution in [-0.4, -0.2) is 53.0 Å². The number of carbonyl (C=O) groups excluding carboxylic acids is 3. The summed E-state index contributed by atoms with van der Waals surface area (Å²) in [5.74, 6) is -4.71. The molecule has 0 aliphatic rings. The van der Waals surface area contributed by atoms with E-state index < -0.39 is 42.8 Å². The van der Waals surface area contributed by atoms with Gasteiger partial charge in [-0.3, -0.25) is 9.59 Å². The van der Waals surface area contributed by atoms with E-state index in [4.69, 9.17) is 16.7 Å². The van der Waals surface area contributed by atoms with Crippen LogP contribution >= 0.6 is 11.6 Å². The fraction of sp³-hybridized carbons (Fsp3) is 0.273. The second kappa shape index (κ2) is 11.8. The van der Waals surface area contributed by atoms with Crippen molar-refractivity contribution in [1.82, 2.24) is 5.32 Å². The van der Waals surface area contributed by atoms with E-state index in [1.807, 2.05) is 30.3 Å². The fourth-order valence-electron chi connectivity index (χ4n) is 2.86. The fourth-order valence-corrected chi connectivity index (χ4v) is 3.05. The molecule has 0 aliphatic carbocycles. The van der Waals surface area contributed by atoms with Crippen molar-refractivity contribution in [2.45, 2.75) is 31.9 Å². The molecule has 1 amide bonds. The average molecular weight is 464 g/mol. The van der Waals surface area contributed by atoms with Gasteiger partial charge in [0.1, 0.15) is 0 Å². The second-order valence-corrected chi connectivity index (χ2v) is 7.29. The number of hydrogen-bond donors (Lipinski definition) is 3. The molecule has 0 bridgehead atoms. The smallest absolute Gasteiger partial charge is 0.394 e. The molecular formula is C22H22ClNO8. The van der Waals surface area contributed by atoms with Crippen molar-refractivity contribution in [3.8, 4) is 11.1 Å². The van der Waals surface area contributed by atoms with E-state index in [1.165, 1.54) is 0 Å². The van der Waals surface area contributed by atoms with E-state index >= 15 is 0 Å². The van der Waals surface area contributed by atoms with Gasteiger partial charge in [0.2, 0.25) is 6.79 Å². The van der Waals surface area contributed by atoms with Gasteiger partial charge in [-0.15, -0.1) is 0 Å². The largest absolute Gasteiger partial charge is 0.474 e. The van der Waals surface area contributed by atoms with Gasteiger partial charge in [0.25, 0.3) is 0 Å². The van der Waals surface area contributed by atoms with E-state index in [-0.39, 0.29) is 12.8 Å². The molecule has 0 spiro atoms. The van der Waals surface area contributed by atoms with E-state index in [2.05, 4.69) is 14.8 Å². The van der Waals surface area contributed by atoms with Crippen LogP contribution in [0.25, 0.3) is 11.1 Å². The topological polar surface area (TPSA) is 139 Å². The van der Waals surface area contributed by atoms with Crippen molar-refractivity contribution in [3.05, 3.63) is 59.1 Å². The molecule has 0 saturated heterocycles. The summed E-state index contributed by atoms with van der Waals surface area (Å²) in [6, 6.07) is 13.6. The van der Waals surface area contributed by atoms with Crippen LogP contribution in [-0.2, 0) is 35.1 Å². The maximum atomic E-state index is 11.9. The predicted octanol–water partition coefficient (Wildman–Crippen LogP) is 1.93. The Bertz CT molecular complexity index is 976. The number of esters is 2. The summed E-state index contributed by atoms with van der Waals surface area (Å²) in [4.78, 5) is 45.1. The Hall–Kier alpha value is -3.43. The number of benzene rings is 2. The zero-order valence-corrected chi connectivity index (χ0v) is 17.9. The lowest BCUT2D eigenvalue weighted by atomic mass is 9.98. The van der Waals surface area contributed by atoms with E-state index in [0.29, 0.717) is 5.02 Å². The number of aliphatic carboxylic acids is 1. The number of aliphatic hydroxyl groups excluding tert-OH is 1. The van der Waals surface area contributed by atoms with Crippen LogP contribution in [0.5, 0.6) is 0 Å². The quantitative estimate of drug-likeness (QED) is 0.291. The molecule has 0 aliphatic heterocycles. The van der Waals surface area contributed by atoms with Gasteiger partial charge in [0.05, 0.1) is 0 Å². The van der Waals surface area contributed by atoms with E-state index in [1.54, 1.807) is 18.2 Å². The Morgan fingerprint density at radius 2 is 1.72 bits per heavy atom. The van der Waals surface area contributed by atoms with Crippen molar-refractivity contribution < 1.29 is 38.9 Å². The molecule has 0 radical (unpaired) electrons. The first-order valence-corrected chi connectivity index (χ1v) is 9.90. The third-order valence-electron chi connectivity index (χ3n) is 4.37. The summed E-state index contributed by atoms with van der Waals surface area (Å²) < 4.78 is 9.09. The summed E-state index contributed by atoms with van der Waals surface area (Å²) >= 11 is 6.02. The Morgan fingerprint density at radius 3 is 2.31 bits per heavy atom. The summed E-state index contributed by atoms with van der Waals surface area (Å²) in [6.45, 7) is 0.460. The van der Waals surface area contributed by atoms with Gasteiger partial charge in [0.15, 0.2) is 6.10 Å². The molecule has 2 atom stereocenters. The standard InChI is InChI=1S/C22H22ClNO8/c1-13(25)31-12-32-22(30)19(26)11-18(24-20(27)21(28)29)9-14-5-7-15(8-6-14)16-3-2-4-17(23)10-16/h2-8,10,18-19,26H,9,11-12H2,1H3,(H,24,27)(H,28,29). The summed E-state index contributed by atoms with van der Waals surface area (Å²) in [5.41, 5.74) is 2.54. The third kappa shape index (κ3) is 8.01. The molecule has 10 heteroatoms. The minimum absolute atomic E-state index is 0.142. The SMILES string of the molecule is CC(=O)OCOC(=O)C(O)CC(Cc1ccc(-c2cccc(Cl)c2)cc1)NC(=O)C(=O)O. The minimum atomic E-state index is -1.70. The van der Waals surface area contributed by atoms with E-state index in [9.17, 15) is 24.3 Å². The van der Waals surface area contributed by atoms with Gasteiger partial charge in [-0.1, -0.05) is 48.0 Å². The lowest BCUT2D eigenvalue weighted by Crippen LogP contribution is -2.43. The van der Waals surface area contributed by atoms with Crippen LogP contribution in [0.4, 0.5) is 0 Å². The Labute approximate surface area is 188 Å². The Balaban J connectivity index is 2.07. The third-order valence-corrected chi connectivity index (χ3v) is 4.60. The van der Waals surface area contributed by atoms with Gasteiger partial charge in [-0.25, -0.2) is 9.59 Å². The number of halogens is 1. The van der Waals surface area contributed by atoms with Gasteiger partial charge in [0, 0.05) is 24.4 Å². The van der Waals surface area contributed by atoms with Crippen molar-refractivity contribution in [3.63, 3.8) is 0 Å². The molecule has 0 heterocycles. The molecular weight excluding hydrogens is 442 g/mol. The first kappa shape index (κ1) is 24.8. The minimum Gasteiger partial charge on any atom is -0.474 e. The molecule has 2 rings (SSSR count). The lowest BCUT2D eigenvalue weighted by molar-refractivity contribution is -0.172. The number of nitrogens with one attached hydrogen (secondary N) is 1. The zero-order chi connectivity index (χ0) is 23.7. The van der Waals surface area contributed by atoms with Gasteiger partial charge in [-0.2, -0.15) is 0 Å². The number of rotatable bonds is 9. The molecule has 2 unspecified atom stereocenters. The monoisotopic (exact) mass is 463 g/mol. The highest BCUT2D eigenvalue weighted by Crippen LogP contribution is 2.23. The van der Waals surface area contributed by atoms with Crippen LogP contribution in [0.3, 0.4) is 0 Å². The Morgan fingerprint density at radius 1 is 1.03 bits per heavy atom. The highest BCUT2D eigenvalue weighted by molar-refractivity contribution is 6.31. The molecule has 170 valence electrons. The van der Waals surface area contributed by atoms with Crippen molar-refractivity contribution in [2.75, 3.05) is 6.79 Å². The maximum absolute atomic E-state index is 11.9. The first-order valence-electron chi connectivity index (χ1n) is 9.52. The summed E-state index contributed by atoms with van der Waals surface area (Å²) in [6.07, 6.45) is -1.84. The molecule has 2 aromatic rings. The number of aliphatic hydroxyl groups is 1. The number of amides is 1. The average Bonchev–Trinajstić information content (AvgIpc) is 2.73. The highest BCUT2D eigenvalue weighted by atomic mass is 35.5. The van der Waals surface area contributed by atoms with Crippen molar-refractivity contribution in [2.24, 2.45) is 0 Å². The van der Waals surface area contributed by atoms with Gasteiger partial charge in [-0.05, 0) is 35.2 Å². The van der Waals surface area contributed by atoms with Crippen LogP contribution < -0.4 is 5.32 Å². The van der Waals surface area contributed by atoms with Crippen molar-refractivity contribution >= 4 is 35.4 Å². The number of carboxylic acids is 1. The van der Waals surface area contributed by atoms with Gasteiger partial charge < -0.3 is 25.0 Å². The lowest BCUT2D eigenvalue weighted by Gasteiger charge is -2.20. The maximum Gasteiger partial charge on any atom is 0.394 e. The molecule has 0 saturated carbocycles. The number of hydrogen-bond acceptors (Lipinski definition) is 7. The Kier molecular flexibility index (Phi) is 9.18. The molecule has 2 aromatic carbocycles. The van der Waals surface area contributed by atoms with Crippen LogP contribution in [0.2, 0.25) is 5.02 Å². The van der Waals surface area contributed by atoms with Crippen LogP contribution in [0.1, 0.15) is 18.9 Å². The van der Waals surface area contributed by atoms with Crippen LogP contribution in [0, 0.1) is 0 Å². The van der Waals surface area contributed by atoms with Gasteiger partial charge >= 0.3 is 23.8 Å². The van der Waals surface area contributed by atoms with E-state index in [0.717, 1.165) is 23.6 Å². The summed E-state index contributed by atoms with van der Waals surface area (Å²) in [7, 11) is 0. The highest BCUT2D eigenvalue weighted by Gasteiger charge is 2.25. The molecule has 0 fully saturated rings.